The number of aromatic nitrogens is 1. The fourth-order valence-electron chi connectivity index (χ4n) is 1.54. The summed E-state index contributed by atoms with van der Waals surface area (Å²) in [6, 6.07) is 2.16. The SMILES string of the molecule is CNc1ccc([N+](=O)[O-])c(NC(C)C(=O)NCCOC)n1. The summed E-state index contributed by atoms with van der Waals surface area (Å²) in [5.74, 6) is 0.217. The fraction of sp³-hybridized carbons (Fsp3) is 0.500. The molecule has 1 heterocycles. The van der Waals surface area contributed by atoms with E-state index >= 15 is 0 Å². The monoisotopic (exact) mass is 297 g/mol. The van der Waals surface area contributed by atoms with Crippen molar-refractivity contribution in [2.45, 2.75) is 13.0 Å². The van der Waals surface area contributed by atoms with Crippen LogP contribution >= 0.6 is 0 Å². The average molecular weight is 297 g/mol. The van der Waals surface area contributed by atoms with Crippen molar-refractivity contribution in [3.05, 3.63) is 22.2 Å². The minimum atomic E-state index is -0.667. The summed E-state index contributed by atoms with van der Waals surface area (Å²) >= 11 is 0. The van der Waals surface area contributed by atoms with Crippen LogP contribution in [0.2, 0.25) is 0 Å². The van der Waals surface area contributed by atoms with Gasteiger partial charge in [0.25, 0.3) is 0 Å². The number of hydrogen-bond donors (Lipinski definition) is 3. The number of amides is 1. The minimum absolute atomic E-state index is 0.0428. The molecule has 1 rings (SSSR count). The van der Waals surface area contributed by atoms with E-state index in [4.69, 9.17) is 4.74 Å². The molecule has 0 fully saturated rings. The van der Waals surface area contributed by atoms with E-state index in [1.165, 1.54) is 19.2 Å². The summed E-state index contributed by atoms with van der Waals surface area (Å²) in [4.78, 5) is 26.3. The van der Waals surface area contributed by atoms with Gasteiger partial charge in [-0.2, -0.15) is 0 Å². The third-order valence-electron chi connectivity index (χ3n) is 2.68. The van der Waals surface area contributed by atoms with E-state index in [1.807, 2.05) is 0 Å². The summed E-state index contributed by atoms with van der Waals surface area (Å²) < 4.78 is 4.83. The number of nitrogens with zero attached hydrogens (tertiary/aromatic N) is 2. The second kappa shape index (κ2) is 8.00. The minimum Gasteiger partial charge on any atom is -0.383 e. The number of nitro groups is 1. The van der Waals surface area contributed by atoms with Gasteiger partial charge in [-0.1, -0.05) is 0 Å². The van der Waals surface area contributed by atoms with Crippen molar-refractivity contribution >= 4 is 23.2 Å². The van der Waals surface area contributed by atoms with Crippen LogP contribution in [0.5, 0.6) is 0 Å². The van der Waals surface area contributed by atoms with Crippen molar-refractivity contribution in [2.75, 3.05) is 37.9 Å². The standard InChI is InChI=1S/C12H19N5O4/c1-8(12(18)14-6-7-21-3)15-11-9(17(19)20)4-5-10(13-2)16-11/h4-5,8H,6-7H2,1-3H3,(H,14,18)(H2,13,15,16). The number of rotatable bonds is 8. The second-order valence-corrected chi connectivity index (χ2v) is 4.22. The van der Waals surface area contributed by atoms with Crippen LogP contribution in [0.1, 0.15) is 6.92 Å². The van der Waals surface area contributed by atoms with Gasteiger partial charge in [-0.25, -0.2) is 4.98 Å². The predicted octanol–water partition coefficient (Wildman–Crippen LogP) is 0.594. The number of anilines is 2. The zero-order valence-electron chi connectivity index (χ0n) is 12.2. The number of nitrogens with one attached hydrogen (secondary N) is 3. The molecule has 0 aliphatic rings. The molecule has 0 bridgehead atoms. The molecule has 0 saturated carbocycles. The molecule has 116 valence electrons. The molecule has 1 aromatic rings. The van der Waals surface area contributed by atoms with Crippen LogP contribution in [0.15, 0.2) is 12.1 Å². The molecule has 1 unspecified atom stereocenters. The van der Waals surface area contributed by atoms with Crippen molar-refractivity contribution in [3.8, 4) is 0 Å². The van der Waals surface area contributed by atoms with Crippen LogP contribution in [0.25, 0.3) is 0 Å². The normalized spacial score (nSPS) is 11.6. The molecule has 0 saturated heterocycles. The van der Waals surface area contributed by atoms with E-state index < -0.39 is 11.0 Å². The summed E-state index contributed by atoms with van der Waals surface area (Å²) in [6.45, 7) is 2.36. The smallest absolute Gasteiger partial charge is 0.311 e. The highest BCUT2D eigenvalue weighted by Crippen LogP contribution is 2.24. The van der Waals surface area contributed by atoms with Gasteiger partial charge < -0.3 is 20.7 Å². The molecule has 0 aliphatic heterocycles. The Morgan fingerprint density at radius 1 is 1.52 bits per heavy atom. The highest BCUT2D eigenvalue weighted by atomic mass is 16.6. The number of carbonyl (C=O) groups excluding carboxylic acids is 1. The first-order valence-corrected chi connectivity index (χ1v) is 6.36. The van der Waals surface area contributed by atoms with Crippen molar-refractivity contribution < 1.29 is 14.5 Å². The first kappa shape index (κ1) is 16.6. The van der Waals surface area contributed by atoms with Gasteiger partial charge in [-0.05, 0) is 13.0 Å². The molecule has 9 heteroatoms. The lowest BCUT2D eigenvalue weighted by atomic mass is 10.3. The Hall–Kier alpha value is -2.42. The lowest BCUT2D eigenvalue weighted by molar-refractivity contribution is -0.384. The van der Waals surface area contributed by atoms with Gasteiger partial charge in [-0.3, -0.25) is 14.9 Å². The average Bonchev–Trinajstić information content (AvgIpc) is 2.46. The molecule has 1 aromatic heterocycles. The van der Waals surface area contributed by atoms with Crippen molar-refractivity contribution in [1.82, 2.24) is 10.3 Å². The third kappa shape index (κ3) is 4.88. The van der Waals surface area contributed by atoms with E-state index in [9.17, 15) is 14.9 Å². The first-order chi connectivity index (χ1) is 9.99. The van der Waals surface area contributed by atoms with Crippen LogP contribution in [0, 0.1) is 10.1 Å². The summed E-state index contributed by atoms with van der Waals surface area (Å²) in [6.07, 6.45) is 0. The lowest BCUT2D eigenvalue weighted by Crippen LogP contribution is -2.39. The van der Waals surface area contributed by atoms with Crippen LogP contribution < -0.4 is 16.0 Å². The van der Waals surface area contributed by atoms with Crippen LogP contribution in [-0.2, 0) is 9.53 Å². The molecule has 21 heavy (non-hydrogen) atoms. The van der Waals surface area contributed by atoms with Gasteiger partial charge in [-0.15, -0.1) is 0 Å². The van der Waals surface area contributed by atoms with Crippen molar-refractivity contribution in [2.24, 2.45) is 0 Å². The van der Waals surface area contributed by atoms with E-state index in [0.29, 0.717) is 19.0 Å². The quantitative estimate of drug-likeness (QED) is 0.365. The Kier molecular flexibility index (Phi) is 6.34. The van der Waals surface area contributed by atoms with E-state index in [0.717, 1.165) is 0 Å². The summed E-state index contributed by atoms with van der Waals surface area (Å²) in [5, 5.41) is 19.1. The number of hydrogen-bond acceptors (Lipinski definition) is 7. The number of ether oxygens (including phenoxy) is 1. The largest absolute Gasteiger partial charge is 0.383 e. The Bertz CT molecular complexity index is 508. The van der Waals surface area contributed by atoms with Gasteiger partial charge in [0.15, 0.2) is 0 Å². The Balaban J connectivity index is 2.80. The molecule has 1 atom stereocenters. The highest BCUT2D eigenvalue weighted by Gasteiger charge is 2.20. The van der Waals surface area contributed by atoms with E-state index in [1.54, 1.807) is 14.0 Å². The van der Waals surface area contributed by atoms with E-state index in [-0.39, 0.29) is 17.4 Å². The molecular weight excluding hydrogens is 278 g/mol. The molecule has 0 aromatic carbocycles. The maximum absolute atomic E-state index is 11.8. The molecule has 0 spiro atoms. The summed E-state index contributed by atoms with van der Waals surface area (Å²) in [7, 11) is 3.18. The number of methoxy groups -OCH3 is 1. The molecule has 0 aliphatic carbocycles. The van der Waals surface area contributed by atoms with Crippen molar-refractivity contribution in [1.29, 1.82) is 0 Å². The highest BCUT2D eigenvalue weighted by molar-refractivity contribution is 5.84. The van der Waals surface area contributed by atoms with Gasteiger partial charge in [0, 0.05) is 26.8 Å². The number of pyridine rings is 1. The fourth-order valence-corrected chi connectivity index (χ4v) is 1.54. The predicted molar refractivity (Wildman–Crippen MR) is 78.4 cm³/mol. The van der Waals surface area contributed by atoms with Crippen LogP contribution in [0.4, 0.5) is 17.3 Å². The van der Waals surface area contributed by atoms with Crippen LogP contribution in [-0.4, -0.2) is 49.2 Å². The summed E-state index contributed by atoms with van der Waals surface area (Å²) in [5.41, 5.74) is -0.189. The molecule has 0 radical (unpaired) electrons. The topological polar surface area (TPSA) is 118 Å². The Morgan fingerprint density at radius 2 is 2.24 bits per heavy atom. The maximum Gasteiger partial charge on any atom is 0.311 e. The Labute approximate surface area is 122 Å². The number of carbonyl (C=O) groups is 1. The van der Waals surface area contributed by atoms with Crippen LogP contribution in [0.3, 0.4) is 0 Å². The van der Waals surface area contributed by atoms with Gasteiger partial charge >= 0.3 is 5.69 Å². The van der Waals surface area contributed by atoms with Crippen molar-refractivity contribution in [3.63, 3.8) is 0 Å². The zero-order chi connectivity index (χ0) is 15.8. The molecular formula is C12H19N5O4. The zero-order valence-corrected chi connectivity index (χ0v) is 12.2. The third-order valence-corrected chi connectivity index (χ3v) is 2.68. The first-order valence-electron chi connectivity index (χ1n) is 6.36. The lowest BCUT2D eigenvalue weighted by Gasteiger charge is -2.15. The van der Waals surface area contributed by atoms with Gasteiger partial charge in [0.1, 0.15) is 11.9 Å². The second-order valence-electron chi connectivity index (χ2n) is 4.22. The Morgan fingerprint density at radius 3 is 2.81 bits per heavy atom. The molecule has 1 amide bonds. The molecule has 9 nitrogen and oxygen atoms in total. The van der Waals surface area contributed by atoms with E-state index in [2.05, 4.69) is 20.9 Å². The van der Waals surface area contributed by atoms with Gasteiger partial charge in [0.2, 0.25) is 11.7 Å². The molecule has 3 N–H and O–H groups in total. The maximum atomic E-state index is 11.8. The van der Waals surface area contributed by atoms with Gasteiger partial charge in [0.05, 0.1) is 11.5 Å².